The van der Waals surface area contributed by atoms with Crippen molar-refractivity contribution in [2.45, 2.75) is 311 Å². The van der Waals surface area contributed by atoms with E-state index in [1.807, 2.05) is 0 Å². The van der Waals surface area contributed by atoms with Gasteiger partial charge in [-0.2, -0.15) is 0 Å². The summed E-state index contributed by atoms with van der Waals surface area (Å²) in [6, 6.07) is 0. The van der Waals surface area contributed by atoms with Gasteiger partial charge in [0.25, 0.3) is 0 Å². The van der Waals surface area contributed by atoms with Gasteiger partial charge in [-0.15, -0.1) is 0 Å². The maximum absolute atomic E-state index is 12.8. The topological polar surface area (TPSA) is 78.9 Å². The number of esters is 3. The molecule has 0 bridgehead atoms. The van der Waals surface area contributed by atoms with Gasteiger partial charge in [0.05, 0.1) is 0 Å². The van der Waals surface area contributed by atoms with Gasteiger partial charge < -0.3 is 14.2 Å². The molecule has 0 spiro atoms. The van der Waals surface area contributed by atoms with Gasteiger partial charge >= 0.3 is 17.9 Å². The van der Waals surface area contributed by atoms with Crippen molar-refractivity contribution in [2.24, 2.45) is 17.8 Å². The zero-order valence-electron chi connectivity index (χ0n) is 42.7. The number of ether oxygens (including phenoxy) is 3. The van der Waals surface area contributed by atoms with Crippen LogP contribution in [0.15, 0.2) is 0 Å². The lowest BCUT2D eigenvalue weighted by Crippen LogP contribution is -2.30. The molecule has 0 N–H and O–H groups in total. The minimum atomic E-state index is -0.764. The van der Waals surface area contributed by atoms with E-state index >= 15 is 0 Å². The molecule has 0 aliphatic carbocycles. The lowest BCUT2D eigenvalue weighted by atomic mass is 9.99. The number of unbranched alkanes of at least 4 members (excludes halogenated alkanes) is 30. The third-order valence-corrected chi connectivity index (χ3v) is 13.4. The molecule has 0 heterocycles. The fourth-order valence-electron chi connectivity index (χ4n) is 8.40. The standard InChI is InChI=1S/C56H108O6/c1-7-51(5)43-37-31-25-21-17-13-9-10-14-19-23-27-35-41-47-56(59)62-53(49-61-55(58)46-40-34-29-28-32-38-44-52(6)8-2)48-60-54(57)45-39-33-26-22-18-15-11-12-16-20-24-30-36-42-50(3)4/h50-53H,7-49H2,1-6H3/t51?,52?,53-/m0/s1. The molecular formula is C56H108O6. The Hall–Kier alpha value is -1.59. The van der Waals surface area contributed by atoms with Crippen molar-refractivity contribution in [3.63, 3.8) is 0 Å². The molecule has 0 fully saturated rings. The summed E-state index contributed by atoms with van der Waals surface area (Å²) in [5.41, 5.74) is 0. The molecule has 368 valence electrons. The molecule has 3 atom stereocenters. The van der Waals surface area contributed by atoms with E-state index in [0.717, 1.165) is 75.5 Å². The molecule has 2 unspecified atom stereocenters. The Morgan fingerprint density at radius 2 is 0.565 bits per heavy atom. The van der Waals surface area contributed by atoms with Gasteiger partial charge in [0.15, 0.2) is 6.10 Å². The van der Waals surface area contributed by atoms with E-state index in [1.54, 1.807) is 0 Å². The van der Waals surface area contributed by atoms with Gasteiger partial charge in [-0.25, -0.2) is 0 Å². The van der Waals surface area contributed by atoms with Gasteiger partial charge in [0, 0.05) is 19.3 Å². The Morgan fingerprint density at radius 3 is 0.839 bits per heavy atom. The number of carbonyl (C=O) groups is 3. The number of carbonyl (C=O) groups excluding carboxylic acids is 3. The van der Waals surface area contributed by atoms with Crippen molar-refractivity contribution in [3.05, 3.63) is 0 Å². The third-order valence-electron chi connectivity index (χ3n) is 13.4. The van der Waals surface area contributed by atoms with E-state index in [9.17, 15) is 14.4 Å². The van der Waals surface area contributed by atoms with Crippen molar-refractivity contribution in [1.82, 2.24) is 0 Å². The van der Waals surface area contributed by atoms with Crippen molar-refractivity contribution >= 4 is 17.9 Å². The zero-order chi connectivity index (χ0) is 45.6. The third kappa shape index (κ3) is 46.4. The van der Waals surface area contributed by atoms with Gasteiger partial charge in [0.1, 0.15) is 13.2 Å². The molecule has 0 saturated carbocycles. The molecule has 0 rings (SSSR count). The molecule has 62 heavy (non-hydrogen) atoms. The fraction of sp³-hybridized carbons (Fsp3) is 0.946. The Balaban J connectivity index is 4.28. The molecular weight excluding hydrogens is 769 g/mol. The first kappa shape index (κ1) is 60.4. The highest BCUT2D eigenvalue weighted by molar-refractivity contribution is 5.71. The Labute approximate surface area is 387 Å². The van der Waals surface area contributed by atoms with Crippen LogP contribution in [0.25, 0.3) is 0 Å². The Kier molecular flexibility index (Phi) is 46.2. The summed E-state index contributed by atoms with van der Waals surface area (Å²) in [5.74, 6) is 1.70. The first-order chi connectivity index (χ1) is 30.2. The molecule has 0 aliphatic heterocycles. The van der Waals surface area contributed by atoms with Gasteiger partial charge in [-0.3, -0.25) is 14.4 Å². The minimum Gasteiger partial charge on any atom is -0.462 e. The Morgan fingerprint density at radius 1 is 0.323 bits per heavy atom. The molecule has 0 aromatic rings. The molecule has 0 saturated heterocycles. The average Bonchev–Trinajstić information content (AvgIpc) is 3.26. The molecule has 0 aliphatic rings. The minimum absolute atomic E-state index is 0.0646. The van der Waals surface area contributed by atoms with Crippen LogP contribution < -0.4 is 0 Å². The maximum atomic E-state index is 12.8. The average molecular weight is 877 g/mol. The van der Waals surface area contributed by atoms with Crippen LogP contribution in [0.4, 0.5) is 0 Å². The smallest absolute Gasteiger partial charge is 0.306 e. The molecule has 0 aromatic heterocycles. The lowest BCUT2D eigenvalue weighted by molar-refractivity contribution is -0.167. The predicted molar refractivity (Wildman–Crippen MR) is 266 cm³/mol. The second-order valence-corrected chi connectivity index (χ2v) is 20.2. The highest BCUT2D eigenvalue weighted by Gasteiger charge is 2.19. The van der Waals surface area contributed by atoms with Crippen molar-refractivity contribution in [3.8, 4) is 0 Å². The van der Waals surface area contributed by atoms with E-state index < -0.39 is 6.10 Å². The maximum Gasteiger partial charge on any atom is 0.306 e. The van der Waals surface area contributed by atoms with Crippen LogP contribution in [0.3, 0.4) is 0 Å². The second-order valence-electron chi connectivity index (χ2n) is 20.2. The summed E-state index contributed by atoms with van der Waals surface area (Å²) >= 11 is 0. The molecule has 0 radical (unpaired) electrons. The van der Waals surface area contributed by atoms with Crippen molar-refractivity contribution in [2.75, 3.05) is 13.2 Å². The van der Waals surface area contributed by atoms with Crippen LogP contribution in [-0.2, 0) is 28.6 Å². The summed E-state index contributed by atoms with van der Waals surface area (Å²) in [4.78, 5) is 38.0. The summed E-state index contributed by atoms with van der Waals surface area (Å²) in [5, 5.41) is 0. The molecule has 0 aromatic carbocycles. The fourth-order valence-corrected chi connectivity index (χ4v) is 8.40. The van der Waals surface area contributed by atoms with Crippen molar-refractivity contribution < 1.29 is 28.6 Å². The van der Waals surface area contributed by atoms with Crippen LogP contribution in [0.1, 0.15) is 305 Å². The van der Waals surface area contributed by atoms with E-state index in [-0.39, 0.29) is 31.1 Å². The quantitative estimate of drug-likeness (QED) is 0.0344. The van der Waals surface area contributed by atoms with Crippen LogP contribution in [0.5, 0.6) is 0 Å². The number of rotatable bonds is 49. The number of hydrogen-bond acceptors (Lipinski definition) is 6. The second kappa shape index (κ2) is 47.4. The summed E-state index contributed by atoms with van der Waals surface area (Å²) < 4.78 is 16.8. The van der Waals surface area contributed by atoms with Crippen molar-refractivity contribution in [1.29, 1.82) is 0 Å². The molecule has 6 heteroatoms. The highest BCUT2D eigenvalue weighted by Crippen LogP contribution is 2.19. The SMILES string of the molecule is CCC(C)CCCCCCCCCCCCCCCCC(=O)O[C@@H](COC(=O)CCCCCCCCCCCCCCCC(C)C)COC(=O)CCCCCCCCC(C)CC. The summed E-state index contributed by atoms with van der Waals surface area (Å²) in [7, 11) is 0. The monoisotopic (exact) mass is 877 g/mol. The lowest BCUT2D eigenvalue weighted by Gasteiger charge is -2.18. The zero-order valence-corrected chi connectivity index (χ0v) is 42.7. The predicted octanol–water partition coefficient (Wildman–Crippen LogP) is 17.9. The summed E-state index contributed by atoms with van der Waals surface area (Å²) in [6.45, 7) is 13.8. The highest BCUT2D eigenvalue weighted by atomic mass is 16.6. The van der Waals surface area contributed by atoms with E-state index in [4.69, 9.17) is 14.2 Å². The van der Waals surface area contributed by atoms with Gasteiger partial charge in [-0.1, -0.05) is 266 Å². The van der Waals surface area contributed by atoms with E-state index in [0.29, 0.717) is 19.3 Å². The largest absolute Gasteiger partial charge is 0.462 e. The first-order valence-electron chi connectivity index (χ1n) is 27.7. The molecule has 0 amide bonds. The van der Waals surface area contributed by atoms with E-state index in [2.05, 4.69) is 41.5 Å². The first-order valence-corrected chi connectivity index (χ1v) is 27.7. The van der Waals surface area contributed by atoms with Gasteiger partial charge in [-0.05, 0) is 37.0 Å². The van der Waals surface area contributed by atoms with Crippen LogP contribution >= 0.6 is 0 Å². The van der Waals surface area contributed by atoms with Crippen LogP contribution in [0.2, 0.25) is 0 Å². The molecule has 6 nitrogen and oxygen atoms in total. The van der Waals surface area contributed by atoms with Crippen LogP contribution in [-0.4, -0.2) is 37.2 Å². The summed E-state index contributed by atoms with van der Waals surface area (Å²) in [6.07, 6.45) is 48.0. The van der Waals surface area contributed by atoms with Gasteiger partial charge in [0.2, 0.25) is 0 Å². The van der Waals surface area contributed by atoms with E-state index in [1.165, 1.54) is 186 Å². The normalized spacial score (nSPS) is 13.0. The van der Waals surface area contributed by atoms with Crippen LogP contribution in [0, 0.1) is 17.8 Å². The Bertz CT molecular complexity index is 964. The number of hydrogen-bond donors (Lipinski definition) is 0.